The molecular formula is C13H22BrNO. The monoisotopic (exact) mass is 287 g/mol. The van der Waals surface area contributed by atoms with Gasteiger partial charge in [-0.15, -0.1) is 0 Å². The van der Waals surface area contributed by atoms with Gasteiger partial charge in [-0.25, -0.2) is 0 Å². The van der Waals surface area contributed by atoms with Crippen LogP contribution >= 0.6 is 15.9 Å². The van der Waals surface area contributed by atoms with Crippen molar-refractivity contribution in [2.24, 2.45) is 10.4 Å². The highest BCUT2D eigenvalue weighted by Crippen LogP contribution is 2.22. The summed E-state index contributed by atoms with van der Waals surface area (Å²) in [5, 5.41) is 0. The minimum Gasteiger partial charge on any atom is -0.496 e. The van der Waals surface area contributed by atoms with Crippen LogP contribution in [0.4, 0.5) is 0 Å². The van der Waals surface area contributed by atoms with Gasteiger partial charge in [-0.1, -0.05) is 27.4 Å². The van der Waals surface area contributed by atoms with E-state index in [1.54, 1.807) is 6.21 Å². The summed E-state index contributed by atoms with van der Waals surface area (Å²) in [6.45, 7) is 14.7. The zero-order valence-corrected chi connectivity index (χ0v) is 12.5. The van der Waals surface area contributed by atoms with Crippen molar-refractivity contribution < 1.29 is 4.74 Å². The van der Waals surface area contributed by atoms with Gasteiger partial charge in [0.15, 0.2) is 0 Å². The Balaban J connectivity index is 4.38. The number of aliphatic imine (C=N–C) groups is 1. The average molecular weight is 288 g/mol. The summed E-state index contributed by atoms with van der Waals surface area (Å²) in [5.74, 6) is 0.853. The van der Waals surface area contributed by atoms with Gasteiger partial charge in [0.05, 0.1) is 11.1 Å². The minimum absolute atomic E-state index is 0.208. The molecule has 0 aromatic rings. The van der Waals surface area contributed by atoms with Crippen LogP contribution in [-0.2, 0) is 4.74 Å². The summed E-state index contributed by atoms with van der Waals surface area (Å²) >= 11 is 3.43. The SMILES string of the molecule is C=C(C)/N=C\C(Br)=C(/C)OCC(C)(C)CC. The van der Waals surface area contributed by atoms with Crippen molar-refractivity contribution in [3.8, 4) is 0 Å². The molecule has 16 heavy (non-hydrogen) atoms. The highest BCUT2D eigenvalue weighted by atomic mass is 79.9. The molecule has 0 aromatic heterocycles. The van der Waals surface area contributed by atoms with Crippen molar-refractivity contribution in [3.05, 3.63) is 22.5 Å². The van der Waals surface area contributed by atoms with Crippen molar-refractivity contribution in [1.29, 1.82) is 0 Å². The van der Waals surface area contributed by atoms with Crippen LogP contribution in [0.3, 0.4) is 0 Å². The molecule has 2 nitrogen and oxygen atoms in total. The fourth-order valence-corrected chi connectivity index (χ4v) is 0.949. The van der Waals surface area contributed by atoms with E-state index in [-0.39, 0.29) is 5.41 Å². The van der Waals surface area contributed by atoms with Gasteiger partial charge in [0.25, 0.3) is 0 Å². The van der Waals surface area contributed by atoms with E-state index in [4.69, 9.17) is 4.74 Å². The van der Waals surface area contributed by atoms with Gasteiger partial charge in [0, 0.05) is 11.9 Å². The van der Waals surface area contributed by atoms with E-state index < -0.39 is 0 Å². The molecule has 0 aliphatic heterocycles. The fraction of sp³-hybridized carbons (Fsp3) is 0.615. The second-order valence-corrected chi connectivity index (χ2v) is 5.56. The van der Waals surface area contributed by atoms with Crippen LogP contribution in [0.2, 0.25) is 0 Å². The van der Waals surface area contributed by atoms with E-state index in [0.29, 0.717) is 6.61 Å². The number of rotatable bonds is 6. The third kappa shape index (κ3) is 6.83. The summed E-state index contributed by atoms with van der Waals surface area (Å²) in [4.78, 5) is 4.11. The van der Waals surface area contributed by atoms with Gasteiger partial charge in [0.2, 0.25) is 0 Å². The quantitative estimate of drug-likeness (QED) is 0.514. The van der Waals surface area contributed by atoms with Crippen molar-refractivity contribution >= 4 is 22.1 Å². The standard InChI is InChI=1S/C13H22BrNO/c1-7-13(5,6)9-16-11(4)12(14)8-15-10(2)3/h8H,2,7,9H2,1,3-6H3/b12-11-,15-8-. The van der Waals surface area contributed by atoms with Crippen molar-refractivity contribution in [2.45, 2.75) is 41.0 Å². The Kier molecular flexibility index (Phi) is 6.65. The molecule has 92 valence electrons. The first-order valence-electron chi connectivity index (χ1n) is 5.47. The van der Waals surface area contributed by atoms with E-state index >= 15 is 0 Å². The van der Waals surface area contributed by atoms with Gasteiger partial charge in [-0.3, -0.25) is 4.99 Å². The number of hydrogen-bond acceptors (Lipinski definition) is 2. The van der Waals surface area contributed by atoms with Crippen LogP contribution in [-0.4, -0.2) is 12.8 Å². The number of allylic oxidation sites excluding steroid dienone is 3. The molecular weight excluding hydrogens is 266 g/mol. The largest absolute Gasteiger partial charge is 0.496 e. The van der Waals surface area contributed by atoms with E-state index in [1.165, 1.54) is 0 Å². The zero-order chi connectivity index (χ0) is 12.8. The molecule has 0 atom stereocenters. The maximum absolute atomic E-state index is 5.70. The van der Waals surface area contributed by atoms with Crippen molar-refractivity contribution in [2.75, 3.05) is 6.61 Å². The van der Waals surface area contributed by atoms with Gasteiger partial charge >= 0.3 is 0 Å². The molecule has 0 aliphatic carbocycles. The van der Waals surface area contributed by atoms with E-state index in [2.05, 4.69) is 48.3 Å². The number of hydrogen-bond donors (Lipinski definition) is 0. The van der Waals surface area contributed by atoms with Crippen LogP contribution in [0.15, 0.2) is 27.5 Å². The number of nitrogens with zero attached hydrogens (tertiary/aromatic N) is 1. The molecule has 0 N–H and O–H groups in total. The maximum Gasteiger partial charge on any atom is 0.109 e. The Morgan fingerprint density at radius 3 is 2.44 bits per heavy atom. The summed E-state index contributed by atoms with van der Waals surface area (Å²) in [6, 6.07) is 0. The summed E-state index contributed by atoms with van der Waals surface area (Å²) < 4.78 is 6.57. The Bertz CT molecular complexity index is 303. The molecule has 0 aliphatic rings. The van der Waals surface area contributed by atoms with Crippen molar-refractivity contribution in [1.82, 2.24) is 0 Å². The van der Waals surface area contributed by atoms with Crippen LogP contribution in [0, 0.1) is 5.41 Å². The molecule has 0 bridgehead atoms. The first-order chi connectivity index (χ1) is 7.28. The minimum atomic E-state index is 0.208. The van der Waals surface area contributed by atoms with E-state index in [1.807, 2.05) is 13.8 Å². The average Bonchev–Trinajstić information content (AvgIpc) is 2.22. The van der Waals surface area contributed by atoms with Crippen molar-refractivity contribution in [3.63, 3.8) is 0 Å². The topological polar surface area (TPSA) is 21.6 Å². The molecule has 0 unspecified atom stereocenters. The second-order valence-electron chi connectivity index (χ2n) is 4.70. The molecule has 3 heteroatoms. The van der Waals surface area contributed by atoms with Crippen LogP contribution < -0.4 is 0 Å². The maximum atomic E-state index is 5.70. The third-order valence-electron chi connectivity index (χ3n) is 2.37. The molecule has 0 radical (unpaired) electrons. The fourth-order valence-electron chi connectivity index (χ4n) is 0.732. The Labute approximate surface area is 108 Å². The van der Waals surface area contributed by atoms with Crippen LogP contribution in [0.1, 0.15) is 41.0 Å². The van der Waals surface area contributed by atoms with E-state index in [0.717, 1.165) is 22.4 Å². The molecule has 0 saturated carbocycles. The molecule has 0 saturated heterocycles. The highest BCUT2D eigenvalue weighted by Gasteiger charge is 2.16. The normalized spacial score (nSPS) is 13.9. The lowest BCUT2D eigenvalue weighted by Crippen LogP contribution is -2.17. The predicted molar refractivity (Wildman–Crippen MR) is 75.0 cm³/mol. The van der Waals surface area contributed by atoms with E-state index in [9.17, 15) is 0 Å². The smallest absolute Gasteiger partial charge is 0.109 e. The number of halogens is 1. The lowest BCUT2D eigenvalue weighted by atomic mass is 9.92. The Morgan fingerprint density at radius 2 is 2.00 bits per heavy atom. The molecule has 0 amide bonds. The summed E-state index contributed by atoms with van der Waals surface area (Å²) in [7, 11) is 0. The lowest BCUT2D eigenvalue weighted by molar-refractivity contribution is 0.113. The molecule has 0 heterocycles. The molecule has 0 fully saturated rings. The molecule has 0 aromatic carbocycles. The first-order valence-corrected chi connectivity index (χ1v) is 6.26. The van der Waals surface area contributed by atoms with Gasteiger partial charge in [-0.05, 0) is 41.6 Å². The second kappa shape index (κ2) is 6.89. The van der Waals surface area contributed by atoms with Crippen LogP contribution in [0.25, 0.3) is 0 Å². The third-order valence-corrected chi connectivity index (χ3v) is 3.13. The van der Waals surface area contributed by atoms with Gasteiger partial charge < -0.3 is 4.74 Å². The zero-order valence-electron chi connectivity index (χ0n) is 10.9. The summed E-state index contributed by atoms with van der Waals surface area (Å²) in [6.07, 6.45) is 2.81. The predicted octanol–water partition coefficient (Wildman–Crippen LogP) is 4.67. The Morgan fingerprint density at radius 1 is 1.44 bits per heavy atom. The Hall–Kier alpha value is -0.570. The lowest BCUT2D eigenvalue weighted by Gasteiger charge is -2.23. The molecule has 0 rings (SSSR count). The molecule has 0 spiro atoms. The van der Waals surface area contributed by atoms with Gasteiger partial charge in [0.1, 0.15) is 5.76 Å². The van der Waals surface area contributed by atoms with Crippen LogP contribution in [0.5, 0.6) is 0 Å². The van der Waals surface area contributed by atoms with Gasteiger partial charge in [-0.2, -0.15) is 0 Å². The summed E-state index contributed by atoms with van der Waals surface area (Å²) in [5.41, 5.74) is 0.985. The highest BCUT2D eigenvalue weighted by molar-refractivity contribution is 9.12. The first kappa shape index (κ1) is 15.4. The number of ether oxygens (including phenoxy) is 1.